The second-order valence-electron chi connectivity index (χ2n) is 12.1. The normalized spacial score (nSPS) is 12.8. The van der Waals surface area contributed by atoms with E-state index in [1.807, 2.05) is 0 Å². The van der Waals surface area contributed by atoms with Gasteiger partial charge in [0.05, 0.1) is 19.1 Å². The number of aliphatic imine (C=N–C) groups is 2. The van der Waals surface area contributed by atoms with Gasteiger partial charge in [-0.3, -0.25) is 34.0 Å². The van der Waals surface area contributed by atoms with Crippen LogP contribution in [0.15, 0.2) is 64.6 Å². The smallest absolute Gasteiger partial charge is 0.326 e. The van der Waals surface area contributed by atoms with Crippen LogP contribution in [0.1, 0.15) is 36.8 Å². The molecule has 54 heavy (non-hydrogen) atoms. The number of benzene rings is 2. The van der Waals surface area contributed by atoms with Crippen LogP contribution in [-0.4, -0.2) is 108 Å². The summed E-state index contributed by atoms with van der Waals surface area (Å²) in [5.74, 6) is -5.24. The number of aromatic hydroxyl groups is 1. The first-order chi connectivity index (χ1) is 25.6. The van der Waals surface area contributed by atoms with Gasteiger partial charge in [0.1, 0.15) is 23.9 Å². The predicted molar refractivity (Wildman–Crippen MR) is 199 cm³/mol. The lowest BCUT2D eigenvalue weighted by Gasteiger charge is -2.22. The molecule has 0 spiro atoms. The highest BCUT2D eigenvalue weighted by molar-refractivity contribution is 5.94. The Kier molecular flexibility index (Phi) is 18.8. The Hall–Kier alpha value is -6.44. The van der Waals surface area contributed by atoms with Crippen LogP contribution in [0.2, 0.25) is 0 Å². The van der Waals surface area contributed by atoms with Crippen LogP contribution in [0.5, 0.6) is 5.75 Å². The molecule has 0 aliphatic heterocycles. The van der Waals surface area contributed by atoms with Crippen molar-refractivity contribution >= 4 is 47.4 Å². The second kappa shape index (κ2) is 23.2. The molecule has 2 aromatic rings. The number of carbonyl (C=O) groups excluding carboxylic acids is 5. The number of aliphatic carboxylic acids is 1. The molecule has 4 atom stereocenters. The summed E-state index contributed by atoms with van der Waals surface area (Å²) in [5, 5.41) is 31.6. The maximum Gasteiger partial charge on any atom is 0.326 e. The molecule has 17 N–H and O–H groups in total. The summed E-state index contributed by atoms with van der Waals surface area (Å²) in [6.07, 6.45) is 0.872. The Balaban J connectivity index is 2.00. The van der Waals surface area contributed by atoms with Crippen LogP contribution in [0.25, 0.3) is 0 Å². The number of rotatable bonds is 23. The van der Waals surface area contributed by atoms with Gasteiger partial charge in [-0.2, -0.15) is 0 Å². The number of hydrogen-bond acceptors (Lipinski definition) is 10. The number of nitrogens with one attached hydrogen (secondary N) is 5. The second-order valence-corrected chi connectivity index (χ2v) is 12.1. The zero-order valence-corrected chi connectivity index (χ0v) is 29.7. The summed E-state index contributed by atoms with van der Waals surface area (Å²) in [7, 11) is 0. The maximum absolute atomic E-state index is 13.2. The van der Waals surface area contributed by atoms with Gasteiger partial charge in [0.25, 0.3) is 0 Å². The van der Waals surface area contributed by atoms with E-state index < -0.39 is 72.8 Å². The molecule has 0 aliphatic carbocycles. The van der Waals surface area contributed by atoms with Gasteiger partial charge in [-0.15, -0.1) is 0 Å². The molecule has 20 nitrogen and oxygen atoms in total. The summed E-state index contributed by atoms with van der Waals surface area (Å²) < 4.78 is 0. The minimum atomic E-state index is -1.30. The number of carboxylic acid groups (broad SMARTS) is 1. The zero-order chi connectivity index (χ0) is 40.0. The van der Waals surface area contributed by atoms with Crippen LogP contribution in [0.3, 0.4) is 0 Å². The number of carbonyl (C=O) groups is 6. The third kappa shape index (κ3) is 17.7. The molecule has 0 aliphatic rings. The highest BCUT2D eigenvalue weighted by atomic mass is 16.4. The van der Waals surface area contributed by atoms with Gasteiger partial charge in [0.15, 0.2) is 11.9 Å². The third-order valence-electron chi connectivity index (χ3n) is 7.68. The number of nitrogens with two attached hydrogens (primary N) is 5. The maximum atomic E-state index is 13.2. The number of hydrogen-bond donors (Lipinski definition) is 12. The van der Waals surface area contributed by atoms with E-state index in [1.165, 1.54) is 12.1 Å². The van der Waals surface area contributed by atoms with Gasteiger partial charge in [0.2, 0.25) is 29.5 Å². The molecule has 5 amide bonds. The molecule has 0 saturated carbocycles. The quantitative estimate of drug-likeness (QED) is 0.0297. The van der Waals surface area contributed by atoms with Crippen molar-refractivity contribution < 1.29 is 39.0 Å². The van der Waals surface area contributed by atoms with Crippen molar-refractivity contribution in [2.75, 3.05) is 26.2 Å². The molecular weight excluding hydrogens is 704 g/mol. The standard InChI is InChI=1S/C34H50N12O8/c35-23(8-4-14-40-33(36)37)29(50)45-25(16-21-10-12-22(47)13-11-21)30(51)43-18-27(48)42-19-28(49)44-24(9-5-15-41-34(38)39)31(52)46-26(32(53)54)17-20-6-2-1-3-7-20/h1-3,6-7,10-13,23-26,47H,4-5,8-9,14-19,35H2,(H,42,48)(H,43,51)(H,44,49)(H,45,50)(H,46,52)(H,53,54)(H4,36,37,40)(H4,38,39,41)/t23-,24-,25-,26-/m0/s1. The molecule has 0 bridgehead atoms. The van der Waals surface area contributed by atoms with Crippen molar-refractivity contribution in [3.63, 3.8) is 0 Å². The molecule has 2 aromatic carbocycles. The lowest BCUT2D eigenvalue weighted by molar-refractivity contribution is -0.142. The number of phenols is 1. The van der Waals surface area contributed by atoms with E-state index in [4.69, 9.17) is 28.7 Å². The number of phenolic OH excluding ortho intramolecular Hbond substituents is 1. The number of guanidine groups is 2. The molecule has 0 heterocycles. The first kappa shape index (κ1) is 43.7. The molecule has 20 heteroatoms. The summed E-state index contributed by atoms with van der Waals surface area (Å²) in [5.41, 5.74) is 28.6. The van der Waals surface area contributed by atoms with Gasteiger partial charge in [0, 0.05) is 25.9 Å². The van der Waals surface area contributed by atoms with Crippen LogP contribution in [0, 0.1) is 0 Å². The zero-order valence-electron chi connectivity index (χ0n) is 29.7. The van der Waals surface area contributed by atoms with E-state index in [0.717, 1.165) is 0 Å². The van der Waals surface area contributed by atoms with Crippen molar-refractivity contribution in [3.8, 4) is 5.75 Å². The van der Waals surface area contributed by atoms with E-state index in [2.05, 4.69) is 36.6 Å². The molecule has 0 fully saturated rings. The van der Waals surface area contributed by atoms with Gasteiger partial charge in [-0.05, 0) is 48.9 Å². The Bertz CT molecular complexity index is 1610. The summed E-state index contributed by atoms with van der Waals surface area (Å²) >= 11 is 0. The molecule has 2 rings (SSSR count). The fourth-order valence-corrected chi connectivity index (χ4v) is 4.88. The fourth-order valence-electron chi connectivity index (χ4n) is 4.88. The van der Waals surface area contributed by atoms with E-state index in [0.29, 0.717) is 17.5 Å². The minimum absolute atomic E-state index is 0.00213. The van der Waals surface area contributed by atoms with E-state index >= 15 is 0 Å². The first-order valence-corrected chi connectivity index (χ1v) is 17.0. The number of nitrogens with zero attached hydrogens (tertiary/aromatic N) is 2. The fraction of sp³-hybridized carbons (Fsp3) is 0.412. The Morgan fingerprint density at radius 2 is 1.15 bits per heavy atom. The number of amides is 5. The largest absolute Gasteiger partial charge is 0.508 e. The molecule has 294 valence electrons. The van der Waals surface area contributed by atoms with E-state index in [1.54, 1.807) is 42.5 Å². The highest BCUT2D eigenvalue weighted by Crippen LogP contribution is 2.12. The first-order valence-electron chi connectivity index (χ1n) is 17.0. The van der Waals surface area contributed by atoms with E-state index in [9.17, 15) is 39.0 Å². The Morgan fingerprint density at radius 3 is 1.74 bits per heavy atom. The summed E-state index contributed by atoms with van der Waals surface area (Å²) in [6.45, 7) is -0.798. The Labute approximate surface area is 311 Å². The van der Waals surface area contributed by atoms with Crippen LogP contribution in [0.4, 0.5) is 0 Å². The van der Waals surface area contributed by atoms with Crippen LogP contribution >= 0.6 is 0 Å². The van der Waals surface area contributed by atoms with Crippen molar-refractivity contribution in [3.05, 3.63) is 65.7 Å². The average molecular weight is 755 g/mol. The van der Waals surface area contributed by atoms with Gasteiger partial charge >= 0.3 is 5.97 Å². The molecule has 0 aromatic heterocycles. The topological polar surface area (TPSA) is 358 Å². The van der Waals surface area contributed by atoms with Crippen molar-refractivity contribution in [1.82, 2.24) is 26.6 Å². The molecule has 0 saturated heterocycles. The molecule has 0 radical (unpaired) electrons. The number of carboxylic acids is 1. The van der Waals surface area contributed by atoms with Crippen LogP contribution < -0.4 is 55.3 Å². The van der Waals surface area contributed by atoms with Crippen molar-refractivity contribution in [2.24, 2.45) is 38.7 Å². The average Bonchev–Trinajstić information content (AvgIpc) is 3.13. The van der Waals surface area contributed by atoms with Gasteiger partial charge in [-0.25, -0.2) is 4.79 Å². The van der Waals surface area contributed by atoms with Crippen molar-refractivity contribution in [2.45, 2.75) is 62.7 Å². The van der Waals surface area contributed by atoms with Gasteiger partial charge < -0.3 is 65.5 Å². The van der Waals surface area contributed by atoms with E-state index in [-0.39, 0.29) is 62.9 Å². The summed E-state index contributed by atoms with van der Waals surface area (Å²) in [6, 6.07) is 9.92. The van der Waals surface area contributed by atoms with Crippen LogP contribution in [-0.2, 0) is 41.6 Å². The Morgan fingerprint density at radius 1 is 0.611 bits per heavy atom. The lowest BCUT2D eigenvalue weighted by atomic mass is 10.0. The van der Waals surface area contributed by atoms with Crippen molar-refractivity contribution in [1.29, 1.82) is 0 Å². The monoisotopic (exact) mass is 754 g/mol. The lowest BCUT2D eigenvalue weighted by Crippen LogP contribution is -2.54. The molecular formula is C34H50N12O8. The minimum Gasteiger partial charge on any atom is -0.508 e. The third-order valence-corrected chi connectivity index (χ3v) is 7.68. The highest BCUT2D eigenvalue weighted by Gasteiger charge is 2.28. The summed E-state index contributed by atoms with van der Waals surface area (Å²) in [4.78, 5) is 84.2. The predicted octanol–water partition coefficient (Wildman–Crippen LogP) is -3.62. The SMILES string of the molecule is NC(N)=NCCC[C@H](NC(=O)CNC(=O)CNC(=O)[C@H](Cc1ccc(O)cc1)NC(=O)[C@@H](N)CCCN=C(N)N)C(=O)N[C@@H](Cc1ccccc1)C(=O)O. The van der Waals surface area contributed by atoms with Gasteiger partial charge in [-0.1, -0.05) is 42.5 Å². The molecule has 0 unspecified atom stereocenters.